The van der Waals surface area contributed by atoms with Crippen LogP contribution in [0.5, 0.6) is 5.75 Å². The second kappa shape index (κ2) is 7.48. The third-order valence-corrected chi connectivity index (χ3v) is 4.57. The maximum absolute atomic E-state index is 11.5. The van der Waals surface area contributed by atoms with Crippen LogP contribution in [0.25, 0.3) is 0 Å². The molecule has 26 heavy (non-hydrogen) atoms. The topological polar surface area (TPSA) is 51.5 Å². The van der Waals surface area contributed by atoms with Gasteiger partial charge in [0.05, 0.1) is 0 Å². The summed E-state index contributed by atoms with van der Waals surface area (Å²) in [5.74, 6) is 1.41. The Labute approximate surface area is 153 Å². The van der Waals surface area contributed by atoms with Crippen LogP contribution in [-0.2, 0) is 12.0 Å². The second-order valence-electron chi connectivity index (χ2n) is 6.65. The molecule has 0 aliphatic carbocycles. The Morgan fingerprint density at radius 1 is 0.962 bits per heavy atom. The number of hydrogen-bond acceptors (Lipinski definition) is 3. The van der Waals surface area contributed by atoms with Crippen molar-refractivity contribution in [2.75, 3.05) is 7.05 Å². The first kappa shape index (κ1) is 17.8. The van der Waals surface area contributed by atoms with Crippen LogP contribution < -0.4 is 10.1 Å². The highest BCUT2D eigenvalue weighted by Crippen LogP contribution is 2.32. The van der Waals surface area contributed by atoms with Gasteiger partial charge in [0.25, 0.3) is 5.91 Å². The summed E-state index contributed by atoms with van der Waals surface area (Å²) in [5.41, 5.74) is 2.41. The fraction of sp³-hybridized carbons (Fsp3) is 0.227. The van der Waals surface area contributed by atoms with E-state index in [4.69, 9.17) is 9.15 Å². The molecule has 1 amide bonds. The van der Waals surface area contributed by atoms with Gasteiger partial charge >= 0.3 is 0 Å². The Balaban J connectivity index is 1.66. The lowest BCUT2D eigenvalue weighted by Crippen LogP contribution is -2.18. The first-order valence-corrected chi connectivity index (χ1v) is 8.60. The van der Waals surface area contributed by atoms with Gasteiger partial charge in [-0.25, -0.2) is 0 Å². The van der Waals surface area contributed by atoms with E-state index in [-0.39, 0.29) is 23.7 Å². The molecule has 0 bridgehead atoms. The third-order valence-electron chi connectivity index (χ3n) is 4.57. The van der Waals surface area contributed by atoms with Crippen molar-refractivity contribution in [1.29, 1.82) is 0 Å². The Morgan fingerprint density at radius 3 is 2.27 bits per heavy atom. The number of furan rings is 1. The summed E-state index contributed by atoms with van der Waals surface area (Å²) in [6.45, 7) is 4.70. The van der Waals surface area contributed by atoms with E-state index in [2.05, 4.69) is 55.6 Å². The van der Waals surface area contributed by atoms with Gasteiger partial charge in [0.15, 0.2) is 5.76 Å². The number of carbonyl (C=O) groups excluding carboxylic acids is 1. The van der Waals surface area contributed by atoms with E-state index in [9.17, 15) is 4.79 Å². The molecule has 4 nitrogen and oxygen atoms in total. The number of nitrogens with one attached hydrogen (secondary N) is 1. The van der Waals surface area contributed by atoms with E-state index in [0.29, 0.717) is 5.76 Å². The molecule has 0 radical (unpaired) electrons. The number of carbonyl (C=O) groups is 1. The Morgan fingerprint density at radius 2 is 1.62 bits per heavy atom. The van der Waals surface area contributed by atoms with Gasteiger partial charge in [-0.1, -0.05) is 56.3 Å². The van der Waals surface area contributed by atoms with E-state index in [1.807, 2.05) is 18.2 Å². The van der Waals surface area contributed by atoms with Crippen LogP contribution in [0.15, 0.2) is 71.1 Å². The van der Waals surface area contributed by atoms with E-state index >= 15 is 0 Å². The number of hydrogen-bond donors (Lipinski definition) is 1. The Hall–Kier alpha value is -3.01. The average molecular weight is 349 g/mol. The van der Waals surface area contributed by atoms with Crippen LogP contribution in [0.3, 0.4) is 0 Å². The third kappa shape index (κ3) is 3.80. The van der Waals surface area contributed by atoms with Crippen molar-refractivity contribution in [2.45, 2.75) is 25.9 Å². The quantitative estimate of drug-likeness (QED) is 0.710. The highest BCUT2D eigenvalue weighted by Gasteiger charge is 2.22. The summed E-state index contributed by atoms with van der Waals surface area (Å²) < 4.78 is 11.2. The van der Waals surface area contributed by atoms with Gasteiger partial charge in [-0.3, -0.25) is 4.79 Å². The molecule has 3 rings (SSSR count). The van der Waals surface area contributed by atoms with Crippen LogP contribution >= 0.6 is 0 Å². The SMILES string of the molecule is CNC(=O)c1ccc(COc2ccc(C(C)(C)c3ccccc3)cc2)o1. The molecular formula is C22H23NO3. The standard InChI is InChI=1S/C22H23NO3/c1-22(2,16-7-5-4-6-8-16)17-9-11-18(12-10-17)25-15-19-13-14-20(26-19)21(24)23-3/h4-14H,15H2,1-3H3,(H,23,24). The van der Waals surface area contributed by atoms with Gasteiger partial charge in [-0.2, -0.15) is 0 Å². The van der Waals surface area contributed by atoms with Crippen LogP contribution in [0.1, 0.15) is 41.3 Å². The van der Waals surface area contributed by atoms with Crippen LogP contribution in [0.4, 0.5) is 0 Å². The van der Waals surface area contributed by atoms with Crippen molar-refractivity contribution in [3.05, 3.63) is 89.4 Å². The molecule has 2 aromatic carbocycles. The minimum absolute atomic E-state index is 0.0801. The van der Waals surface area contributed by atoms with Crippen LogP contribution in [-0.4, -0.2) is 13.0 Å². The molecule has 1 heterocycles. The van der Waals surface area contributed by atoms with Gasteiger partial charge in [0.2, 0.25) is 0 Å². The largest absolute Gasteiger partial charge is 0.486 e. The maximum atomic E-state index is 11.5. The molecule has 0 atom stereocenters. The summed E-state index contributed by atoms with van der Waals surface area (Å²) in [5, 5.41) is 2.53. The second-order valence-corrected chi connectivity index (χ2v) is 6.65. The molecule has 0 unspecified atom stereocenters. The fourth-order valence-electron chi connectivity index (χ4n) is 2.84. The highest BCUT2D eigenvalue weighted by atomic mass is 16.5. The molecule has 4 heteroatoms. The summed E-state index contributed by atoms with van der Waals surface area (Å²) in [6.07, 6.45) is 0. The van der Waals surface area contributed by atoms with Gasteiger partial charge in [-0.05, 0) is 35.4 Å². The highest BCUT2D eigenvalue weighted by molar-refractivity contribution is 5.91. The smallest absolute Gasteiger partial charge is 0.286 e. The number of rotatable bonds is 6. The molecule has 0 fully saturated rings. The number of benzene rings is 2. The minimum atomic E-state index is -0.247. The van der Waals surface area contributed by atoms with Crippen molar-refractivity contribution in [1.82, 2.24) is 5.32 Å². The first-order valence-electron chi connectivity index (χ1n) is 8.60. The molecule has 0 aliphatic heterocycles. The Bertz CT molecular complexity index is 864. The van der Waals surface area contributed by atoms with Crippen LogP contribution in [0.2, 0.25) is 0 Å². The lowest BCUT2D eigenvalue weighted by molar-refractivity contribution is 0.0931. The van der Waals surface area contributed by atoms with Gasteiger partial charge in [0.1, 0.15) is 18.1 Å². The van der Waals surface area contributed by atoms with Crippen molar-refractivity contribution < 1.29 is 13.9 Å². The zero-order chi connectivity index (χ0) is 18.6. The predicted octanol–water partition coefficient (Wildman–Crippen LogP) is 4.54. The van der Waals surface area contributed by atoms with E-state index in [1.165, 1.54) is 11.1 Å². The fourth-order valence-corrected chi connectivity index (χ4v) is 2.84. The molecule has 1 N–H and O–H groups in total. The first-order chi connectivity index (χ1) is 12.5. The average Bonchev–Trinajstić information content (AvgIpc) is 3.16. The maximum Gasteiger partial charge on any atom is 0.286 e. The normalized spacial score (nSPS) is 11.2. The van der Waals surface area contributed by atoms with Gasteiger partial charge in [0, 0.05) is 12.5 Å². The zero-order valence-corrected chi connectivity index (χ0v) is 15.3. The summed E-state index contributed by atoms with van der Waals surface area (Å²) in [7, 11) is 1.57. The molecule has 3 aromatic rings. The van der Waals surface area contributed by atoms with Gasteiger partial charge < -0.3 is 14.5 Å². The van der Waals surface area contributed by atoms with Crippen molar-refractivity contribution in [3.8, 4) is 5.75 Å². The summed E-state index contributed by atoms with van der Waals surface area (Å²) in [4.78, 5) is 11.5. The van der Waals surface area contributed by atoms with E-state index in [0.717, 1.165) is 5.75 Å². The number of amides is 1. The molecule has 0 saturated carbocycles. The summed E-state index contributed by atoms with van der Waals surface area (Å²) >= 11 is 0. The monoisotopic (exact) mass is 349 g/mol. The lowest BCUT2D eigenvalue weighted by Gasteiger charge is -2.26. The van der Waals surface area contributed by atoms with Crippen molar-refractivity contribution >= 4 is 5.91 Å². The molecular weight excluding hydrogens is 326 g/mol. The zero-order valence-electron chi connectivity index (χ0n) is 15.3. The minimum Gasteiger partial charge on any atom is -0.486 e. The number of ether oxygens (including phenoxy) is 1. The molecule has 0 spiro atoms. The van der Waals surface area contributed by atoms with Gasteiger partial charge in [-0.15, -0.1) is 0 Å². The molecule has 134 valence electrons. The van der Waals surface area contributed by atoms with Crippen LogP contribution in [0, 0.1) is 0 Å². The van der Waals surface area contributed by atoms with E-state index < -0.39 is 0 Å². The predicted molar refractivity (Wildman–Crippen MR) is 101 cm³/mol. The summed E-state index contributed by atoms with van der Waals surface area (Å²) in [6, 6.07) is 21.9. The van der Waals surface area contributed by atoms with Crippen molar-refractivity contribution in [2.24, 2.45) is 0 Å². The van der Waals surface area contributed by atoms with E-state index in [1.54, 1.807) is 19.2 Å². The molecule has 0 saturated heterocycles. The molecule has 1 aromatic heterocycles. The van der Waals surface area contributed by atoms with Crippen molar-refractivity contribution in [3.63, 3.8) is 0 Å². The Kier molecular flexibility index (Phi) is 5.12. The lowest BCUT2D eigenvalue weighted by atomic mass is 9.78. The molecule has 0 aliphatic rings.